The minimum Gasteiger partial charge on any atom is -0.381 e. The van der Waals surface area contributed by atoms with E-state index in [-0.39, 0.29) is 23.8 Å². The molecule has 1 saturated heterocycles. The van der Waals surface area contributed by atoms with Gasteiger partial charge in [0.05, 0.1) is 17.6 Å². The number of aryl methyl sites for hydroxylation is 1. The minimum atomic E-state index is -1.19. The second-order valence-corrected chi connectivity index (χ2v) is 7.96. The van der Waals surface area contributed by atoms with Crippen LogP contribution < -0.4 is 5.73 Å². The lowest BCUT2D eigenvalue weighted by Gasteiger charge is -2.34. The standard InChI is InChI=1S/C21H19F2N5O2/c1-10-5-11(22)6-13-17(10)21(3-4-27(2)20(21)30)28(19(13)29)9-12-7-15-16(25-12)8-14(23)18(24)26-15/h5-8,25H,3-4,9H2,1-2H3,(H2,24,26). The van der Waals surface area contributed by atoms with Gasteiger partial charge >= 0.3 is 0 Å². The molecule has 0 saturated carbocycles. The van der Waals surface area contributed by atoms with Crippen LogP contribution in [0.2, 0.25) is 0 Å². The number of H-pyrrole nitrogens is 1. The molecular weight excluding hydrogens is 392 g/mol. The van der Waals surface area contributed by atoms with Crippen LogP contribution in [0.5, 0.6) is 0 Å². The molecule has 9 heteroatoms. The van der Waals surface area contributed by atoms with Crippen LogP contribution in [0.3, 0.4) is 0 Å². The van der Waals surface area contributed by atoms with Crippen LogP contribution in [0.25, 0.3) is 11.0 Å². The molecule has 1 fully saturated rings. The summed E-state index contributed by atoms with van der Waals surface area (Å²) in [5, 5.41) is 0. The highest BCUT2D eigenvalue weighted by Crippen LogP contribution is 2.48. The van der Waals surface area contributed by atoms with Gasteiger partial charge in [-0.15, -0.1) is 0 Å². The molecule has 0 aliphatic carbocycles. The number of amides is 2. The van der Waals surface area contributed by atoms with Crippen LogP contribution in [-0.4, -0.2) is 45.2 Å². The van der Waals surface area contributed by atoms with Gasteiger partial charge in [-0.25, -0.2) is 13.8 Å². The number of nitrogens with two attached hydrogens (primary N) is 1. The van der Waals surface area contributed by atoms with E-state index in [1.165, 1.54) is 23.1 Å². The molecule has 0 bridgehead atoms. The molecule has 3 N–H and O–H groups in total. The fourth-order valence-corrected chi connectivity index (χ4v) is 4.82. The summed E-state index contributed by atoms with van der Waals surface area (Å²) in [5.41, 5.74) is 7.17. The van der Waals surface area contributed by atoms with E-state index < -0.39 is 23.1 Å². The summed E-state index contributed by atoms with van der Waals surface area (Å²) in [5.74, 6) is -1.98. The summed E-state index contributed by atoms with van der Waals surface area (Å²) in [7, 11) is 1.69. The smallest absolute Gasteiger partial charge is 0.255 e. The van der Waals surface area contributed by atoms with Crippen molar-refractivity contribution in [2.24, 2.45) is 0 Å². The Kier molecular flexibility index (Phi) is 3.71. The minimum absolute atomic E-state index is 0.0615. The second-order valence-electron chi connectivity index (χ2n) is 7.96. The van der Waals surface area contributed by atoms with Crippen molar-refractivity contribution >= 4 is 28.7 Å². The quantitative estimate of drug-likeness (QED) is 0.677. The average Bonchev–Trinajstić information content (AvgIpc) is 3.27. The van der Waals surface area contributed by atoms with Crippen molar-refractivity contribution < 1.29 is 18.4 Å². The van der Waals surface area contributed by atoms with Crippen LogP contribution in [0.4, 0.5) is 14.6 Å². The Morgan fingerprint density at radius 1 is 1.23 bits per heavy atom. The van der Waals surface area contributed by atoms with Crippen LogP contribution in [0.1, 0.15) is 33.6 Å². The molecular formula is C21H19F2N5O2. The summed E-state index contributed by atoms with van der Waals surface area (Å²) in [6, 6.07) is 5.46. The van der Waals surface area contributed by atoms with Gasteiger partial charge in [0.1, 0.15) is 5.82 Å². The number of likely N-dealkylation sites (N-methyl/N-ethyl adjacent to an activating group) is 1. The highest BCUT2D eigenvalue weighted by atomic mass is 19.1. The van der Waals surface area contributed by atoms with E-state index >= 15 is 0 Å². The van der Waals surface area contributed by atoms with Gasteiger partial charge < -0.3 is 20.5 Å². The molecule has 0 radical (unpaired) electrons. The Bertz CT molecular complexity index is 1210. The maximum absolute atomic E-state index is 14.1. The number of aromatic nitrogens is 2. The molecule has 1 atom stereocenters. The number of carbonyl (C=O) groups is 2. The maximum Gasteiger partial charge on any atom is 0.255 e. The van der Waals surface area contributed by atoms with Gasteiger partial charge in [-0.1, -0.05) is 0 Å². The normalized spacial score (nSPS) is 20.8. The molecule has 7 nitrogen and oxygen atoms in total. The lowest BCUT2D eigenvalue weighted by atomic mass is 9.84. The first-order chi connectivity index (χ1) is 14.2. The number of nitrogens with zero attached hydrogens (tertiary/aromatic N) is 3. The van der Waals surface area contributed by atoms with E-state index in [2.05, 4.69) is 9.97 Å². The summed E-state index contributed by atoms with van der Waals surface area (Å²) in [4.78, 5) is 36.7. The highest BCUT2D eigenvalue weighted by molar-refractivity contribution is 6.08. The van der Waals surface area contributed by atoms with E-state index in [0.29, 0.717) is 40.8 Å². The van der Waals surface area contributed by atoms with Gasteiger partial charge in [0.25, 0.3) is 11.8 Å². The van der Waals surface area contributed by atoms with E-state index in [9.17, 15) is 18.4 Å². The SMILES string of the molecule is Cc1cc(F)cc2c1C1(CCN(C)C1=O)N(Cc1cc3nc(N)c(F)cc3[nH]1)C2=O. The summed E-state index contributed by atoms with van der Waals surface area (Å²) in [6.07, 6.45) is 0.410. The van der Waals surface area contributed by atoms with Gasteiger partial charge in [0.2, 0.25) is 0 Å². The Morgan fingerprint density at radius 2 is 2.00 bits per heavy atom. The molecule has 2 aliphatic rings. The third-order valence-corrected chi connectivity index (χ3v) is 6.13. The molecule has 3 aromatic rings. The number of benzene rings is 1. The summed E-state index contributed by atoms with van der Waals surface area (Å²) in [6.45, 7) is 2.26. The molecule has 4 heterocycles. The first kappa shape index (κ1) is 18.5. The third kappa shape index (κ3) is 2.31. The molecule has 30 heavy (non-hydrogen) atoms. The zero-order chi connectivity index (χ0) is 21.4. The number of hydrogen-bond donors (Lipinski definition) is 2. The number of hydrogen-bond acceptors (Lipinski definition) is 4. The molecule has 2 aromatic heterocycles. The van der Waals surface area contributed by atoms with E-state index in [1.807, 2.05) is 0 Å². The van der Waals surface area contributed by atoms with Crippen molar-refractivity contribution in [3.05, 3.63) is 58.3 Å². The number of aromatic amines is 1. The number of rotatable bonds is 2. The number of carbonyl (C=O) groups excluding carboxylic acids is 2. The van der Waals surface area contributed by atoms with E-state index in [0.717, 1.165) is 0 Å². The largest absolute Gasteiger partial charge is 0.381 e. The van der Waals surface area contributed by atoms with Crippen LogP contribution in [-0.2, 0) is 16.9 Å². The molecule has 1 spiro atoms. The second kappa shape index (κ2) is 6.01. The van der Waals surface area contributed by atoms with Gasteiger partial charge in [-0.3, -0.25) is 9.59 Å². The Hall–Kier alpha value is -3.49. The van der Waals surface area contributed by atoms with Gasteiger partial charge in [0, 0.05) is 42.9 Å². The van der Waals surface area contributed by atoms with Crippen LogP contribution >= 0.6 is 0 Å². The molecule has 2 amide bonds. The van der Waals surface area contributed by atoms with Crippen molar-refractivity contribution in [1.29, 1.82) is 0 Å². The number of nitrogens with one attached hydrogen (secondary N) is 1. The maximum atomic E-state index is 14.1. The summed E-state index contributed by atoms with van der Waals surface area (Å²) < 4.78 is 27.9. The van der Waals surface area contributed by atoms with Crippen molar-refractivity contribution in [3.63, 3.8) is 0 Å². The third-order valence-electron chi connectivity index (χ3n) is 6.13. The van der Waals surface area contributed by atoms with Gasteiger partial charge in [-0.2, -0.15) is 0 Å². The molecule has 5 rings (SSSR count). The molecule has 2 aliphatic heterocycles. The lowest BCUT2D eigenvalue weighted by molar-refractivity contribution is -0.136. The Morgan fingerprint density at radius 3 is 2.70 bits per heavy atom. The first-order valence-electron chi connectivity index (χ1n) is 9.54. The number of nitrogen functional groups attached to an aromatic ring is 1. The monoisotopic (exact) mass is 411 g/mol. The number of pyridine rings is 1. The Labute approximate surface area is 170 Å². The zero-order valence-corrected chi connectivity index (χ0v) is 16.4. The average molecular weight is 411 g/mol. The molecule has 1 unspecified atom stereocenters. The topological polar surface area (TPSA) is 95.3 Å². The number of likely N-dealkylation sites (tertiary alicyclic amines) is 1. The van der Waals surface area contributed by atoms with Crippen molar-refractivity contribution in [2.45, 2.75) is 25.4 Å². The fourth-order valence-electron chi connectivity index (χ4n) is 4.82. The molecule has 1 aromatic carbocycles. The summed E-state index contributed by atoms with van der Waals surface area (Å²) >= 11 is 0. The lowest BCUT2D eigenvalue weighted by Crippen LogP contribution is -2.49. The number of halogens is 2. The van der Waals surface area contributed by atoms with Gasteiger partial charge in [-0.05, 0) is 30.7 Å². The van der Waals surface area contributed by atoms with Crippen LogP contribution in [0, 0.1) is 18.6 Å². The predicted molar refractivity (Wildman–Crippen MR) is 105 cm³/mol. The number of fused-ring (bicyclic) bond motifs is 3. The van der Waals surface area contributed by atoms with Gasteiger partial charge in [0.15, 0.2) is 17.2 Å². The Balaban J connectivity index is 1.65. The van der Waals surface area contributed by atoms with E-state index in [1.54, 1.807) is 24.9 Å². The zero-order valence-electron chi connectivity index (χ0n) is 16.4. The first-order valence-corrected chi connectivity index (χ1v) is 9.54. The van der Waals surface area contributed by atoms with Crippen LogP contribution in [0.15, 0.2) is 24.3 Å². The predicted octanol–water partition coefficient (Wildman–Crippen LogP) is 2.45. The van der Waals surface area contributed by atoms with Crippen molar-refractivity contribution in [1.82, 2.24) is 19.8 Å². The highest BCUT2D eigenvalue weighted by Gasteiger charge is 2.59. The van der Waals surface area contributed by atoms with E-state index in [4.69, 9.17) is 5.73 Å². The van der Waals surface area contributed by atoms with Crippen molar-refractivity contribution in [3.8, 4) is 0 Å². The molecule has 154 valence electrons. The van der Waals surface area contributed by atoms with Crippen molar-refractivity contribution in [2.75, 3.05) is 19.3 Å². The fraction of sp³-hybridized carbons (Fsp3) is 0.286. The number of anilines is 1.